The molecule has 1 aliphatic rings. The average Bonchev–Trinajstić information content (AvgIpc) is 3.12. The van der Waals surface area contributed by atoms with Crippen LogP contribution in [0.15, 0.2) is 53.4 Å². The molecule has 3 rings (SSSR count). The van der Waals surface area contributed by atoms with Crippen molar-refractivity contribution in [1.29, 1.82) is 0 Å². The van der Waals surface area contributed by atoms with E-state index < -0.39 is 24.3 Å². The summed E-state index contributed by atoms with van der Waals surface area (Å²) in [5, 5.41) is 2.62. The first-order chi connectivity index (χ1) is 13.5. The number of hydrogen-bond donors (Lipinski definition) is 1. The van der Waals surface area contributed by atoms with Gasteiger partial charge in [-0.3, -0.25) is 14.4 Å². The van der Waals surface area contributed by atoms with Crippen LogP contribution in [0.5, 0.6) is 0 Å². The second kappa shape index (κ2) is 9.36. The van der Waals surface area contributed by atoms with E-state index in [0.717, 1.165) is 23.9 Å². The molecule has 0 bridgehead atoms. The van der Waals surface area contributed by atoms with Crippen LogP contribution in [0.3, 0.4) is 0 Å². The van der Waals surface area contributed by atoms with E-state index in [1.165, 1.54) is 6.07 Å². The van der Waals surface area contributed by atoms with Crippen LogP contribution in [-0.2, 0) is 19.1 Å². The Morgan fingerprint density at radius 3 is 2.57 bits per heavy atom. The van der Waals surface area contributed by atoms with E-state index in [0.29, 0.717) is 23.5 Å². The van der Waals surface area contributed by atoms with Gasteiger partial charge in [0.25, 0.3) is 5.91 Å². The molecule has 1 fully saturated rings. The fourth-order valence-corrected chi connectivity index (χ4v) is 3.47. The van der Waals surface area contributed by atoms with Gasteiger partial charge in [0, 0.05) is 29.2 Å². The summed E-state index contributed by atoms with van der Waals surface area (Å²) in [6.07, 6.45) is 1.40. The van der Waals surface area contributed by atoms with E-state index in [-0.39, 0.29) is 11.7 Å². The van der Waals surface area contributed by atoms with Crippen LogP contribution in [0.25, 0.3) is 0 Å². The molecule has 0 radical (unpaired) electrons. The number of carbonyl (C=O) groups is 3. The molecule has 146 valence electrons. The maximum atomic E-state index is 13.5. The molecule has 0 aromatic heterocycles. The van der Waals surface area contributed by atoms with Crippen molar-refractivity contribution in [3.05, 3.63) is 54.3 Å². The predicted octanol–water partition coefficient (Wildman–Crippen LogP) is 3.23. The Kier molecular flexibility index (Phi) is 6.65. The zero-order valence-corrected chi connectivity index (χ0v) is 15.8. The van der Waals surface area contributed by atoms with E-state index in [1.54, 1.807) is 47.4 Å². The number of thioether (sulfide) groups is 1. The van der Waals surface area contributed by atoms with Crippen LogP contribution in [0.1, 0.15) is 12.8 Å². The molecule has 1 saturated heterocycles. The monoisotopic (exact) mass is 402 g/mol. The lowest BCUT2D eigenvalue weighted by Gasteiger charge is -2.16. The van der Waals surface area contributed by atoms with Gasteiger partial charge in [-0.05, 0) is 42.8 Å². The van der Waals surface area contributed by atoms with Gasteiger partial charge in [-0.15, -0.1) is 11.8 Å². The highest BCUT2D eigenvalue weighted by molar-refractivity contribution is 8.00. The summed E-state index contributed by atoms with van der Waals surface area (Å²) >= 11 is 1.01. The molecule has 1 aliphatic heterocycles. The Labute approximate surface area is 166 Å². The Morgan fingerprint density at radius 2 is 1.89 bits per heavy atom. The van der Waals surface area contributed by atoms with Gasteiger partial charge in [-0.1, -0.05) is 12.1 Å². The van der Waals surface area contributed by atoms with Crippen LogP contribution in [-0.4, -0.2) is 36.7 Å². The first-order valence-electron chi connectivity index (χ1n) is 8.76. The minimum atomic E-state index is -0.605. The number of hydrogen-bond acceptors (Lipinski definition) is 5. The fourth-order valence-electron chi connectivity index (χ4n) is 2.73. The van der Waals surface area contributed by atoms with E-state index in [2.05, 4.69) is 5.32 Å². The highest BCUT2D eigenvalue weighted by Gasteiger charge is 2.21. The molecule has 0 unspecified atom stereocenters. The number of anilines is 2. The van der Waals surface area contributed by atoms with Gasteiger partial charge < -0.3 is 15.0 Å². The van der Waals surface area contributed by atoms with Crippen LogP contribution in [0, 0.1) is 5.82 Å². The lowest BCUT2D eigenvalue weighted by Crippen LogP contribution is -2.24. The van der Waals surface area contributed by atoms with Gasteiger partial charge in [-0.25, -0.2) is 4.39 Å². The highest BCUT2D eigenvalue weighted by atomic mass is 32.2. The van der Waals surface area contributed by atoms with E-state index in [1.807, 2.05) is 0 Å². The third kappa shape index (κ3) is 5.32. The van der Waals surface area contributed by atoms with Crippen molar-refractivity contribution in [3.63, 3.8) is 0 Å². The molecule has 0 saturated carbocycles. The molecule has 2 aromatic rings. The summed E-state index contributed by atoms with van der Waals surface area (Å²) in [4.78, 5) is 37.4. The van der Waals surface area contributed by atoms with Gasteiger partial charge in [0.1, 0.15) is 5.82 Å². The number of halogens is 1. The smallest absolute Gasteiger partial charge is 0.316 e. The lowest BCUT2D eigenvalue weighted by molar-refractivity contribution is -0.144. The molecule has 8 heteroatoms. The molecule has 2 amide bonds. The normalized spacial score (nSPS) is 13.5. The van der Waals surface area contributed by atoms with Gasteiger partial charge in [-0.2, -0.15) is 0 Å². The summed E-state index contributed by atoms with van der Waals surface area (Å²) in [6, 6.07) is 13.0. The van der Waals surface area contributed by atoms with Crippen molar-refractivity contribution < 1.29 is 23.5 Å². The zero-order chi connectivity index (χ0) is 19.9. The van der Waals surface area contributed by atoms with Gasteiger partial charge in [0.05, 0.1) is 5.75 Å². The molecule has 1 heterocycles. The van der Waals surface area contributed by atoms with E-state index >= 15 is 0 Å². The molecule has 6 nitrogen and oxygen atoms in total. The second-order valence-corrected chi connectivity index (χ2v) is 7.14. The second-order valence-electron chi connectivity index (χ2n) is 6.12. The molecule has 28 heavy (non-hydrogen) atoms. The van der Waals surface area contributed by atoms with Crippen molar-refractivity contribution in [1.82, 2.24) is 0 Å². The maximum absolute atomic E-state index is 13.5. The van der Waals surface area contributed by atoms with Crippen molar-refractivity contribution in [2.75, 3.05) is 29.1 Å². The lowest BCUT2D eigenvalue weighted by atomic mass is 10.2. The molecule has 1 N–H and O–H groups in total. The van der Waals surface area contributed by atoms with Crippen molar-refractivity contribution in [3.8, 4) is 0 Å². The number of ether oxygens (including phenoxy) is 1. The number of carbonyl (C=O) groups excluding carboxylic acids is 3. The largest absolute Gasteiger partial charge is 0.455 e. The van der Waals surface area contributed by atoms with Crippen molar-refractivity contribution >= 4 is 40.9 Å². The Balaban J connectivity index is 1.42. The number of rotatable bonds is 7. The third-order valence-electron chi connectivity index (χ3n) is 4.08. The topological polar surface area (TPSA) is 75.7 Å². The van der Waals surface area contributed by atoms with Crippen molar-refractivity contribution in [2.45, 2.75) is 17.7 Å². The van der Waals surface area contributed by atoms with E-state index in [9.17, 15) is 18.8 Å². The number of nitrogens with one attached hydrogen (secondary N) is 1. The first-order valence-corrected chi connectivity index (χ1v) is 9.75. The molecular weight excluding hydrogens is 383 g/mol. The molecule has 2 aromatic carbocycles. The Morgan fingerprint density at radius 1 is 1.14 bits per heavy atom. The molecule has 0 atom stereocenters. The zero-order valence-electron chi connectivity index (χ0n) is 15.0. The molecule has 0 spiro atoms. The molecular formula is C20H19FN2O4S. The summed E-state index contributed by atoms with van der Waals surface area (Å²) < 4.78 is 18.4. The van der Waals surface area contributed by atoms with Gasteiger partial charge >= 0.3 is 5.97 Å². The van der Waals surface area contributed by atoms with Crippen molar-refractivity contribution in [2.24, 2.45) is 0 Å². The standard InChI is InChI=1S/C20H19FN2O4S/c21-16-4-1-2-5-17(16)28-13-20(26)27-12-18(24)22-14-7-9-15(10-8-14)23-11-3-6-19(23)25/h1-2,4-5,7-10H,3,6,11-13H2,(H,22,24). The average molecular weight is 402 g/mol. The predicted molar refractivity (Wildman–Crippen MR) is 105 cm³/mol. The number of esters is 1. The van der Waals surface area contributed by atoms with Crippen LogP contribution in [0.4, 0.5) is 15.8 Å². The number of benzene rings is 2. The summed E-state index contributed by atoms with van der Waals surface area (Å²) in [6.45, 7) is 0.272. The SMILES string of the molecule is O=C(COC(=O)CSc1ccccc1F)Nc1ccc(N2CCCC2=O)cc1. The van der Waals surface area contributed by atoms with Gasteiger partial charge in [0.2, 0.25) is 5.91 Å². The van der Waals surface area contributed by atoms with Crippen LogP contribution in [0.2, 0.25) is 0 Å². The summed E-state index contributed by atoms with van der Waals surface area (Å²) in [5.74, 6) is -1.48. The molecule has 0 aliphatic carbocycles. The first kappa shape index (κ1) is 19.9. The number of nitrogens with zero attached hydrogens (tertiary/aromatic N) is 1. The quantitative estimate of drug-likeness (QED) is 0.569. The summed E-state index contributed by atoms with van der Waals surface area (Å²) in [5.41, 5.74) is 1.33. The minimum Gasteiger partial charge on any atom is -0.455 e. The number of amides is 2. The van der Waals surface area contributed by atoms with Crippen LogP contribution < -0.4 is 10.2 Å². The highest BCUT2D eigenvalue weighted by Crippen LogP contribution is 2.23. The van der Waals surface area contributed by atoms with E-state index in [4.69, 9.17) is 4.74 Å². The third-order valence-corrected chi connectivity index (χ3v) is 5.10. The minimum absolute atomic E-state index is 0.0905. The summed E-state index contributed by atoms with van der Waals surface area (Å²) in [7, 11) is 0. The fraction of sp³-hybridized carbons (Fsp3) is 0.250. The Hall–Kier alpha value is -2.87. The van der Waals surface area contributed by atoms with Gasteiger partial charge in [0.15, 0.2) is 6.61 Å². The Bertz CT molecular complexity index is 873. The van der Waals surface area contributed by atoms with Crippen LogP contribution >= 0.6 is 11.8 Å². The maximum Gasteiger partial charge on any atom is 0.316 e.